The number of benzene rings is 2. The van der Waals surface area contributed by atoms with Gasteiger partial charge in [0.25, 0.3) is 0 Å². The van der Waals surface area contributed by atoms with E-state index in [0.29, 0.717) is 11.3 Å². The Morgan fingerprint density at radius 3 is 2.27 bits per heavy atom. The number of rotatable bonds is 5. The molecule has 0 radical (unpaired) electrons. The summed E-state index contributed by atoms with van der Waals surface area (Å²) in [4.78, 5) is -0.153. The van der Waals surface area contributed by atoms with Crippen molar-refractivity contribution in [2.75, 3.05) is 0 Å². The smallest absolute Gasteiger partial charge is 0.278 e. The number of nitrogens with zero attached hydrogens (tertiary/aromatic N) is 3. The number of nitrogens with two attached hydrogens (primary N) is 1. The van der Waals surface area contributed by atoms with Gasteiger partial charge in [-0.3, -0.25) is 5.10 Å². The van der Waals surface area contributed by atoms with Crippen LogP contribution in [0.4, 0.5) is 13.2 Å². The van der Waals surface area contributed by atoms with Crippen molar-refractivity contribution in [1.29, 1.82) is 0 Å². The van der Waals surface area contributed by atoms with Gasteiger partial charge in [-0.05, 0) is 53.9 Å². The average molecular weight is 475 g/mol. The molecule has 0 saturated carbocycles. The van der Waals surface area contributed by atoms with E-state index in [1.54, 1.807) is 18.3 Å². The van der Waals surface area contributed by atoms with Crippen molar-refractivity contribution in [1.82, 2.24) is 20.0 Å². The van der Waals surface area contributed by atoms with Crippen molar-refractivity contribution >= 4 is 10.0 Å². The fourth-order valence-electron chi connectivity index (χ4n) is 3.55. The molecule has 0 aliphatic heterocycles. The minimum atomic E-state index is -4.67. The van der Waals surface area contributed by atoms with Crippen LogP contribution in [0.2, 0.25) is 0 Å². The predicted molar refractivity (Wildman–Crippen MR) is 117 cm³/mol. The van der Waals surface area contributed by atoms with E-state index >= 15 is 0 Å². The van der Waals surface area contributed by atoms with Crippen LogP contribution in [0.25, 0.3) is 28.2 Å². The summed E-state index contributed by atoms with van der Waals surface area (Å²) in [6, 6.07) is 13.5. The van der Waals surface area contributed by atoms with E-state index < -0.39 is 21.9 Å². The maximum atomic E-state index is 13.6. The molecule has 172 valence electrons. The highest BCUT2D eigenvalue weighted by molar-refractivity contribution is 7.89. The molecule has 0 fully saturated rings. The molecule has 7 nitrogen and oxygen atoms in total. The minimum Gasteiger partial charge on any atom is -0.278 e. The summed E-state index contributed by atoms with van der Waals surface area (Å²) >= 11 is 0. The van der Waals surface area contributed by atoms with Crippen LogP contribution in [0.1, 0.15) is 31.0 Å². The second kappa shape index (κ2) is 8.16. The molecule has 0 bridgehead atoms. The predicted octanol–water partition coefficient (Wildman–Crippen LogP) is 4.72. The van der Waals surface area contributed by atoms with Gasteiger partial charge >= 0.3 is 6.18 Å². The van der Waals surface area contributed by atoms with Crippen LogP contribution < -0.4 is 5.14 Å². The van der Waals surface area contributed by atoms with Gasteiger partial charge in [-0.15, -0.1) is 0 Å². The first-order chi connectivity index (χ1) is 15.4. The summed E-state index contributed by atoms with van der Waals surface area (Å²) in [5.74, 6) is 0.0123. The first-order valence-corrected chi connectivity index (χ1v) is 11.4. The van der Waals surface area contributed by atoms with Crippen LogP contribution in [-0.2, 0) is 16.2 Å². The van der Waals surface area contributed by atoms with Gasteiger partial charge in [-0.2, -0.15) is 23.4 Å². The molecule has 11 heteroatoms. The van der Waals surface area contributed by atoms with Gasteiger partial charge in [-0.25, -0.2) is 18.2 Å². The van der Waals surface area contributed by atoms with Crippen molar-refractivity contribution in [3.63, 3.8) is 0 Å². The third-order valence-electron chi connectivity index (χ3n) is 5.17. The normalized spacial score (nSPS) is 12.5. The fourth-order valence-corrected chi connectivity index (χ4v) is 4.07. The maximum absolute atomic E-state index is 13.6. The summed E-state index contributed by atoms with van der Waals surface area (Å²) in [5, 5.41) is 15.7. The number of primary sulfonamides is 1. The minimum absolute atomic E-state index is 0.0123. The number of nitrogens with one attached hydrogen (secondary N) is 1. The molecular weight excluding hydrogens is 455 g/mol. The molecular formula is C22H20F3N5O2S. The molecule has 33 heavy (non-hydrogen) atoms. The van der Waals surface area contributed by atoms with Crippen LogP contribution in [0.5, 0.6) is 0 Å². The third kappa shape index (κ3) is 4.55. The first-order valence-electron chi connectivity index (χ1n) is 9.89. The van der Waals surface area contributed by atoms with Gasteiger partial charge in [0.1, 0.15) is 0 Å². The van der Waals surface area contributed by atoms with E-state index in [-0.39, 0.29) is 22.2 Å². The lowest BCUT2D eigenvalue weighted by molar-refractivity contribution is -0.141. The van der Waals surface area contributed by atoms with Gasteiger partial charge in [0, 0.05) is 17.3 Å². The zero-order valence-corrected chi connectivity index (χ0v) is 18.4. The zero-order chi connectivity index (χ0) is 24.0. The lowest BCUT2D eigenvalue weighted by Crippen LogP contribution is -2.12. The van der Waals surface area contributed by atoms with Gasteiger partial charge in [-0.1, -0.05) is 26.0 Å². The summed E-state index contributed by atoms with van der Waals surface area (Å²) in [6.07, 6.45) is -3.08. The van der Waals surface area contributed by atoms with Crippen molar-refractivity contribution in [3.8, 4) is 28.2 Å². The highest BCUT2D eigenvalue weighted by Gasteiger charge is 2.35. The molecule has 4 rings (SSSR count). The standard InChI is InChI=1S/C22H20F3N5O2S/c1-13(2)17-8-3-14(19-9-10-27-28-19)11-18(17)20-12-21(22(23,24)25)29-30(20)15-4-6-16(7-5-15)33(26,31)32/h3-13H,1-2H3,(H,27,28)(H2,26,31,32). The summed E-state index contributed by atoms with van der Waals surface area (Å²) in [5.41, 5.74) is 2.27. The molecule has 0 aliphatic rings. The Kier molecular flexibility index (Phi) is 5.62. The quantitative estimate of drug-likeness (QED) is 0.436. The summed E-state index contributed by atoms with van der Waals surface area (Å²) < 4.78 is 65.1. The van der Waals surface area contributed by atoms with Gasteiger partial charge in [0.15, 0.2) is 5.69 Å². The Labute approximate surface area is 188 Å². The Bertz CT molecular complexity index is 1390. The van der Waals surface area contributed by atoms with E-state index in [4.69, 9.17) is 5.14 Å². The number of H-pyrrole nitrogens is 1. The van der Waals surface area contributed by atoms with E-state index in [2.05, 4.69) is 15.3 Å². The lowest BCUT2D eigenvalue weighted by atomic mass is 9.92. The maximum Gasteiger partial charge on any atom is 0.435 e. The van der Waals surface area contributed by atoms with Crippen molar-refractivity contribution < 1.29 is 21.6 Å². The van der Waals surface area contributed by atoms with Crippen LogP contribution in [0, 0.1) is 0 Å². The molecule has 0 spiro atoms. The largest absolute Gasteiger partial charge is 0.435 e. The molecule has 2 aromatic carbocycles. The van der Waals surface area contributed by atoms with Crippen LogP contribution in [-0.4, -0.2) is 28.4 Å². The molecule has 0 atom stereocenters. The van der Waals surface area contributed by atoms with E-state index in [0.717, 1.165) is 21.9 Å². The Morgan fingerprint density at radius 2 is 1.73 bits per heavy atom. The SMILES string of the molecule is CC(C)c1ccc(-c2ccn[nH]2)cc1-c1cc(C(F)(F)F)nn1-c1ccc(S(N)(=O)=O)cc1. The van der Waals surface area contributed by atoms with Crippen molar-refractivity contribution in [2.24, 2.45) is 5.14 Å². The molecule has 0 saturated heterocycles. The van der Waals surface area contributed by atoms with Crippen molar-refractivity contribution in [2.45, 2.75) is 30.8 Å². The number of sulfonamides is 1. The number of alkyl halides is 3. The molecule has 0 amide bonds. The second-order valence-electron chi connectivity index (χ2n) is 7.79. The average Bonchev–Trinajstić information content (AvgIpc) is 3.43. The molecule has 4 aromatic rings. The number of hydrogen-bond acceptors (Lipinski definition) is 4. The Morgan fingerprint density at radius 1 is 1.03 bits per heavy atom. The van der Waals surface area contributed by atoms with Crippen LogP contribution >= 0.6 is 0 Å². The van der Waals surface area contributed by atoms with Gasteiger partial charge in [0.05, 0.1) is 22.0 Å². The number of aromatic amines is 1. The van der Waals surface area contributed by atoms with Gasteiger partial charge < -0.3 is 0 Å². The molecule has 2 heterocycles. The zero-order valence-electron chi connectivity index (χ0n) is 17.6. The molecule has 0 aliphatic carbocycles. The molecule has 3 N–H and O–H groups in total. The first kappa shape index (κ1) is 22.7. The summed E-state index contributed by atoms with van der Waals surface area (Å²) in [6.45, 7) is 3.89. The van der Waals surface area contributed by atoms with E-state index in [9.17, 15) is 21.6 Å². The topological polar surface area (TPSA) is 107 Å². The highest BCUT2D eigenvalue weighted by atomic mass is 32.2. The number of hydrogen-bond donors (Lipinski definition) is 2. The van der Waals surface area contributed by atoms with Gasteiger partial charge in [0.2, 0.25) is 10.0 Å². The van der Waals surface area contributed by atoms with E-state index in [1.807, 2.05) is 26.0 Å². The van der Waals surface area contributed by atoms with Crippen LogP contribution in [0.3, 0.4) is 0 Å². The summed E-state index contributed by atoms with van der Waals surface area (Å²) in [7, 11) is -3.95. The molecule has 2 aromatic heterocycles. The monoisotopic (exact) mass is 475 g/mol. The lowest BCUT2D eigenvalue weighted by Gasteiger charge is -2.16. The Hall–Kier alpha value is -3.44. The number of aromatic nitrogens is 4. The fraction of sp³-hybridized carbons (Fsp3) is 0.182. The number of halogens is 3. The Balaban J connectivity index is 1.96. The highest BCUT2D eigenvalue weighted by Crippen LogP contribution is 2.38. The third-order valence-corrected chi connectivity index (χ3v) is 6.10. The second-order valence-corrected chi connectivity index (χ2v) is 9.35. The van der Waals surface area contributed by atoms with Crippen LogP contribution in [0.15, 0.2) is 65.7 Å². The van der Waals surface area contributed by atoms with E-state index in [1.165, 1.54) is 24.3 Å². The van der Waals surface area contributed by atoms with Crippen molar-refractivity contribution in [3.05, 3.63) is 72.1 Å². The molecule has 0 unspecified atom stereocenters.